The van der Waals surface area contributed by atoms with Gasteiger partial charge in [-0.15, -0.1) is 0 Å². The molecule has 5 nitrogen and oxygen atoms in total. The predicted molar refractivity (Wildman–Crippen MR) is 111 cm³/mol. The standard InChI is InChI=1S/C20H21Cl2N3O2/c1-13(2)15-5-3-14(4-6-15)12-23-25-20(27)10-9-19(26)24-18-8-7-16(21)11-17(18)22/h3-8,11-13H,9-10H2,1-2H3,(H,24,26)(H,25,27)/b23-12+. The van der Waals surface area contributed by atoms with Gasteiger partial charge in [-0.05, 0) is 35.2 Å². The van der Waals surface area contributed by atoms with Crippen LogP contribution in [0.1, 0.15) is 43.7 Å². The van der Waals surface area contributed by atoms with E-state index in [0.29, 0.717) is 21.7 Å². The van der Waals surface area contributed by atoms with Crippen molar-refractivity contribution in [1.82, 2.24) is 5.43 Å². The maximum Gasteiger partial charge on any atom is 0.240 e. The summed E-state index contributed by atoms with van der Waals surface area (Å²) in [6.07, 6.45) is 1.60. The van der Waals surface area contributed by atoms with Gasteiger partial charge in [0.2, 0.25) is 11.8 Å². The van der Waals surface area contributed by atoms with Crippen LogP contribution < -0.4 is 10.7 Å². The highest BCUT2D eigenvalue weighted by Gasteiger charge is 2.09. The summed E-state index contributed by atoms with van der Waals surface area (Å²) in [5.74, 6) is -0.199. The molecule has 0 bridgehead atoms. The maximum absolute atomic E-state index is 11.9. The van der Waals surface area contributed by atoms with Crippen LogP contribution in [-0.2, 0) is 9.59 Å². The second-order valence-corrected chi connectivity index (χ2v) is 7.13. The minimum atomic E-state index is -0.345. The molecule has 0 spiro atoms. The molecule has 2 rings (SSSR count). The van der Waals surface area contributed by atoms with Gasteiger partial charge in [0.1, 0.15) is 0 Å². The summed E-state index contributed by atoms with van der Waals surface area (Å²) in [6, 6.07) is 12.7. The lowest BCUT2D eigenvalue weighted by Crippen LogP contribution is -2.20. The summed E-state index contributed by atoms with van der Waals surface area (Å²) in [5.41, 5.74) is 4.99. The van der Waals surface area contributed by atoms with E-state index < -0.39 is 0 Å². The van der Waals surface area contributed by atoms with Crippen molar-refractivity contribution < 1.29 is 9.59 Å². The number of nitrogens with one attached hydrogen (secondary N) is 2. The third kappa shape index (κ3) is 7.04. The summed E-state index contributed by atoms with van der Waals surface area (Å²) < 4.78 is 0. The fraction of sp³-hybridized carbons (Fsp3) is 0.250. The number of carbonyl (C=O) groups is 2. The molecule has 0 aliphatic rings. The molecule has 2 aromatic rings. The van der Waals surface area contributed by atoms with Gasteiger partial charge in [0, 0.05) is 17.9 Å². The summed E-state index contributed by atoms with van der Waals surface area (Å²) >= 11 is 11.8. The van der Waals surface area contributed by atoms with Crippen LogP contribution >= 0.6 is 23.2 Å². The molecule has 0 fully saturated rings. The summed E-state index contributed by atoms with van der Waals surface area (Å²) in [4.78, 5) is 23.7. The number of anilines is 1. The monoisotopic (exact) mass is 405 g/mol. The number of rotatable bonds is 7. The molecule has 2 amide bonds. The van der Waals surface area contributed by atoms with Crippen LogP contribution in [0.15, 0.2) is 47.6 Å². The SMILES string of the molecule is CC(C)c1ccc(/C=N/NC(=O)CCC(=O)Nc2ccc(Cl)cc2Cl)cc1. The van der Waals surface area contributed by atoms with Gasteiger partial charge in [0.15, 0.2) is 0 Å². The van der Waals surface area contributed by atoms with E-state index in [1.54, 1.807) is 18.3 Å². The number of hydrogen-bond acceptors (Lipinski definition) is 3. The fourth-order valence-electron chi connectivity index (χ4n) is 2.23. The number of benzene rings is 2. The number of hydrogen-bond donors (Lipinski definition) is 2. The number of nitrogens with zero attached hydrogens (tertiary/aromatic N) is 1. The largest absolute Gasteiger partial charge is 0.325 e. The van der Waals surface area contributed by atoms with Gasteiger partial charge in [-0.1, -0.05) is 61.3 Å². The van der Waals surface area contributed by atoms with Crippen LogP contribution in [0.5, 0.6) is 0 Å². The van der Waals surface area contributed by atoms with E-state index in [1.165, 1.54) is 11.6 Å². The first-order chi connectivity index (χ1) is 12.8. The van der Waals surface area contributed by atoms with Crippen LogP contribution in [0.25, 0.3) is 0 Å². The number of halogens is 2. The van der Waals surface area contributed by atoms with Gasteiger partial charge in [-0.25, -0.2) is 5.43 Å². The number of carbonyl (C=O) groups excluding carboxylic acids is 2. The summed E-state index contributed by atoms with van der Waals surface area (Å²) in [6.45, 7) is 4.25. The van der Waals surface area contributed by atoms with Crippen molar-refractivity contribution in [2.75, 3.05) is 5.32 Å². The van der Waals surface area contributed by atoms with E-state index in [4.69, 9.17) is 23.2 Å². The Morgan fingerprint density at radius 3 is 2.33 bits per heavy atom. The Morgan fingerprint density at radius 1 is 1.04 bits per heavy atom. The van der Waals surface area contributed by atoms with E-state index in [9.17, 15) is 9.59 Å². The van der Waals surface area contributed by atoms with Crippen LogP contribution in [-0.4, -0.2) is 18.0 Å². The lowest BCUT2D eigenvalue weighted by Gasteiger charge is -2.07. The second-order valence-electron chi connectivity index (χ2n) is 6.29. The van der Waals surface area contributed by atoms with Gasteiger partial charge >= 0.3 is 0 Å². The van der Waals surface area contributed by atoms with E-state index in [-0.39, 0.29) is 24.7 Å². The molecule has 0 saturated heterocycles. The minimum absolute atomic E-state index is 0.0146. The van der Waals surface area contributed by atoms with Crippen molar-refractivity contribution in [2.45, 2.75) is 32.6 Å². The number of hydrazone groups is 1. The molecule has 7 heteroatoms. The Balaban J connectivity index is 1.76. The Bertz CT molecular complexity index is 834. The third-order valence-electron chi connectivity index (χ3n) is 3.79. The zero-order valence-corrected chi connectivity index (χ0v) is 16.6. The Labute approximate surface area is 168 Å². The first-order valence-electron chi connectivity index (χ1n) is 8.52. The predicted octanol–water partition coefficient (Wildman–Crippen LogP) is 4.99. The zero-order chi connectivity index (χ0) is 19.8. The van der Waals surface area contributed by atoms with Crippen LogP contribution in [0.2, 0.25) is 10.0 Å². The lowest BCUT2D eigenvalue weighted by atomic mass is 10.0. The van der Waals surface area contributed by atoms with E-state index >= 15 is 0 Å². The van der Waals surface area contributed by atoms with Gasteiger partial charge in [0.25, 0.3) is 0 Å². The Morgan fingerprint density at radius 2 is 1.70 bits per heavy atom. The van der Waals surface area contributed by atoms with Crippen LogP contribution in [0, 0.1) is 0 Å². The van der Waals surface area contributed by atoms with E-state index in [0.717, 1.165) is 5.56 Å². The van der Waals surface area contributed by atoms with E-state index in [1.807, 2.05) is 24.3 Å². The molecule has 27 heavy (non-hydrogen) atoms. The highest BCUT2D eigenvalue weighted by molar-refractivity contribution is 6.36. The second kappa shape index (κ2) is 10.1. The molecule has 0 aliphatic carbocycles. The topological polar surface area (TPSA) is 70.6 Å². The van der Waals surface area contributed by atoms with Crippen molar-refractivity contribution >= 4 is 46.9 Å². The summed E-state index contributed by atoms with van der Waals surface area (Å²) in [7, 11) is 0. The highest BCUT2D eigenvalue weighted by Crippen LogP contribution is 2.25. The molecule has 2 aromatic carbocycles. The van der Waals surface area contributed by atoms with Gasteiger partial charge < -0.3 is 5.32 Å². The van der Waals surface area contributed by atoms with Crippen molar-refractivity contribution in [2.24, 2.45) is 5.10 Å². The Hall–Kier alpha value is -2.37. The normalized spacial score (nSPS) is 11.0. The molecular weight excluding hydrogens is 385 g/mol. The third-order valence-corrected chi connectivity index (χ3v) is 4.34. The van der Waals surface area contributed by atoms with E-state index in [2.05, 4.69) is 29.7 Å². The lowest BCUT2D eigenvalue weighted by molar-refractivity contribution is -0.124. The van der Waals surface area contributed by atoms with Gasteiger partial charge in [0.05, 0.1) is 16.9 Å². The van der Waals surface area contributed by atoms with Crippen molar-refractivity contribution in [3.05, 3.63) is 63.6 Å². The number of amides is 2. The molecule has 0 unspecified atom stereocenters. The zero-order valence-electron chi connectivity index (χ0n) is 15.1. The average Bonchev–Trinajstić information content (AvgIpc) is 2.63. The molecular formula is C20H21Cl2N3O2. The van der Waals surface area contributed by atoms with Gasteiger partial charge in [-0.2, -0.15) is 5.10 Å². The van der Waals surface area contributed by atoms with Crippen molar-refractivity contribution in [3.8, 4) is 0 Å². The van der Waals surface area contributed by atoms with Crippen molar-refractivity contribution in [1.29, 1.82) is 0 Å². The summed E-state index contributed by atoms with van der Waals surface area (Å²) in [5, 5.41) is 7.37. The van der Waals surface area contributed by atoms with Crippen LogP contribution in [0.4, 0.5) is 5.69 Å². The molecule has 0 atom stereocenters. The average molecular weight is 406 g/mol. The molecule has 0 aliphatic heterocycles. The highest BCUT2D eigenvalue weighted by atomic mass is 35.5. The molecule has 2 N–H and O–H groups in total. The quantitative estimate of drug-likeness (QED) is 0.503. The van der Waals surface area contributed by atoms with Crippen LogP contribution in [0.3, 0.4) is 0 Å². The molecule has 0 heterocycles. The Kier molecular flexibility index (Phi) is 7.82. The molecule has 0 aromatic heterocycles. The first kappa shape index (κ1) is 20.9. The minimum Gasteiger partial charge on any atom is -0.325 e. The fourth-order valence-corrected chi connectivity index (χ4v) is 2.69. The smallest absolute Gasteiger partial charge is 0.240 e. The molecule has 142 valence electrons. The molecule has 0 saturated carbocycles. The van der Waals surface area contributed by atoms with Crippen molar-refractivity contribution in [3.63, 3.8) is 0 Å². The first-order valence-corrected chi connectivity index (χ1v) is 9.27. The van der Waals surface area contributed by atoms with Gasteiger partial charge in [-0.3, -0.25) is 9.59 Å². The maximum atomic E-state index is 11.9. The molecule has 0 radical (unpaired) electrons.